The highest BCUT2D eigenvalue weighted by atomic mass is 16.1. The van der Waals surface area contributed by atoms with E-state index in [0.29, 0.717) is 0 Å². The number of benzene rings is 3. The smallest absolute Gasteiger partial charge is 0.179 e. The van der Waals surface area contributed by atoms with Crippen LogP contribution in [0, 0.1) is 0 Å². The van der Waals surface area contributed by atoms with Crippen LogP contribution in [0.15, 0.2) is 84.9 Å². The molecule has 29 heavy (non-hydrogen) atoms. The second-order valence-electron chi connectivity index (χ2n) is 8.74. The molecule has 150 valence electrons. The first-order valence-electron chi connectivity index (χ1n) is 10.3. The van der Waals surface area contributed by atoms with Gasteiger partial charge in [-0.2, -0.15) is 0 Å². The van der Waals surface area contributed by atoms with E-state index in [4.69, 9.17) is 0 Å². The molecule has 0 N–H and O–H groups in total. The van der Waals surface area contributed by atoms with Gasteiger partial charge in [0, 0.05) is 18.7 Å². The van der Waals surface area contributed by atoms with Gasteiger partial charge in [-0.15, -0.1) is 0 Å². The van der Waals surface area contributed by atoms with Crippen LogP contribution in [0.25, 0.3) is 0 Å². The van der Waals surface area contributed by atoms with Crippen molar-refractivity contribution in [1.29, 1.82) is 0 Å². The molecule has 0 amide bonds. The van der Waals surface area contributed by atoms with Gasteiger partial charge in [-0.1, -0.05) is 106 Å². The fourth-order valence-corrected chi connectivity index (χ4v) is 3.51. The van der Waals surface area contributed by atoms with Gasteiger partial charge >= 0.3 is 0 Å². The van der Waals surface area contributed by atoms with Gasteiger partial charge in [0.1, 0.15) is 0 Å². The third kappa shape index (κ3) is 5.65. The first-order valence-corrected chi connectivity index (χ1v) is 10.3. The average Bonchev–Trinajstić information content (AvgIpc) is 2.73. The lowest BCUT2D eigenvalue weighted by Gasteiger charge is -2.29. The normalized spacial score (nSPS) is 12.7. The number of nitrogens with zero attached hydrogens (tertiary/aromatic N) is 1. The molecule has 0 bridgehead atoms. The third-order valence-electron chi connectivity index (χ3n) is 5.42. The van der Waals surface area contributed by atoms with E-state index in [1.807, 2.05) is 55.5 Å². The van der Waals surface area contributed by atoms with Gasteiger partial charge in [0.25, 0.3) is 0 Å². The quantitative estimate of drug-likeness (QED) is 0.448. The average molecular weight is 386 g/mol. The van der Waals surface area contributed by atoms with E-state index in [1.54, 1.807) is 0 Å². The molecule has 0 aliphatic carbocycles. The van der Waals surface area contributed by atoms with Gasteiger partial charge in [0.05, 0.1) is 6.04 Å². The largest absolute Gasteiger partial charge is 0.292 e. The molecule has 0 heterocycles. The molecule has 2 heteroatoms. The number of carbonyl (C=O) groups excluding carboxylic acids is 1. The standard InChI is InChI=1S/C27H31NO/c1-21(26(29)24-15-17-25(18-16-24)27(2,3)4)28(19-22-11-7-5-8-12-22)20-23-13-9-6-10-14-23/h5-18,21H,19-20H2,1-4H3/t21-/m1/s1. The highest BCUT2D eigenvalue weighted by molar-refractivity contribution is 5.99. The summed E-state index contributed by atoms with van der Waals surface area (Å²) >= 11 is 0. The molecule has 1 atom stereocenters. The second-order valence-corrected chi connectivity index (χ2v) is 8.74. The first-order chi connectivity index (χ1) is 13.8. The Balaban J connectivity index is 1.82. The van der Waals surface area contributed by atoms with Gasteiger partial charge in [-0.3, -0.25) is 9.69 Å². The van der Waals surface area contributed by atoms with Crippen LogP contribution in [-0.2, 0) is 18.5 Å². The van der Waals surface area contributed by atoms with E-state index in [0.717, 1.165) is 18.7 Å². The highest BCUT2D eigenvalue weighted by Gasteiger charge is 2.23. The molecule has 0 aliphatic heterocycles. The van der Waals surface area contributed by atoms with Crippen LogP contribution in [0.3, 0.4) is 0 Å². The van der Waals surface area contributed by atoms with E-state index < -0.39 is 0 Å². The third-order valence-corrected chi connectivity index (χ3v) is 5.42. The van der Waals surface area contributed by atoms with Crippen molar-refractivity contribution in [3.8, 4) is 0 Å². The van der Waals surface area contributed by atoms with Crippen molar-refractivity contribution < 1.29 is 4.79 Å². The Morgan fingerprint density at radius 3 is 1.62 bits per heavy atom. The van der Waals surface area contributed by atoms with Crippen LogP contribution < -0.4 is 0 Å². The summed E-state index contributed by atoms with van der Waals surface area (Å²) in [7, 11) is 0. The van der Waals surface area contributed by atoms with Gasteiger partial charge in [0.15, 0.2) is 5.78 Å². The van der Waals surface area contributed by atoms with Gasteiger partial charge in [-0.05, 0) is 29.0 Å². The van der Waals surface area contributed by atoms with E-state index in [9.17, 15) is 4.79 Å². The summed E-state index contributed by atoms with van der Waals surface area (Å²) < 4.78 is 0. The van der Waals surface area contributed by atoms with Gasteiger partial charge in [-0.25, -0.2) is 0 Å². The lowest BCUT2D eigenvalue weighted by atomic mass is 9.86. The molecule has 3 rings (SSSR count). The lowest BCUT2D eigenvalue weighted by Crippen LogP contribution is -2.38. The van der Waals surface area contributed by atoms with Crippen LogP contribution in [-0.4, -0.2) is 16.7 Å². The summed E-state index contributed by atoms with van der Waals surface area (Å²) in [4.78, 5) is 15.5. The number of Topliss-reactive ketones (excluding diaryl/α,β-unsaturated/α-hetero) is 1. The number of rotatable bonds is 7. The summed E-state index contributed by atoms with van der Waals surface area (Å²) in [6.07, 6.45) is 0. The molecule has 0 aliphatic rings. The molecule has 0 saturated heterocycles. The molecule has 3 aromatic rings. The van der Waals surface area contributed by atoms with Crippen molar-refractivity contribution in [3.63, 3.8) is 0 Å². The van der Waals surface area contributed by atoms with Crippen molar-refractivity contribution >= 4 is 5.78 Å². The monoisotopic (exact) mass is 385 g/mol. The molecule has 3 aromatic carbocycles. The zero-order valence-corrected chi connectivity index (χ0v) is 17.9. The number of ketones is 1. The summed E-state index contributed by atoms with van der Waals surface area (Å²) in [5.74, 6) is 0.164. The van der Waals surface area contributed by atoms with E-state index in [1.165, 1.54) is 16.7 Å². The fourth-order valence-electron chi connectivity index (χ4n) is 3.51. The first kappa shape index (κ1) is 21.0. The lowest BCUT2D eigenvalue weighted by molar-refractivity contribution is 0.0816. The maximum Gasteiger partial charge on any atom is 0.179 e. The molecular formula is C27H31NO. The maximum absolute atomic E-state index is 13.3. The van der Waals surface area contributed by atoms with Crippen molar-refractivity contribution in [2.45, 2.75) is 52.2 Å². The highest BCUT2D eigenvalue weighted by Crippen LogP contribution is 2.23. The van der Waals surface area contributed by atoms with Crippen molar-refractivity contribution in [2.24, 2.45) is 0 Å². The predicted molar refractivity (Wildman–Crippen MR) is 121 cm³/mol. The van der Waals surface area contributed by atoms with E-state index in [2.05, 4.69) is 62.1 Å². The van der Waals surface area contributed by atoms with Crippen LogP contribution in [0.2, 0.25) is 0 Å². The van der Waals surface area contributed by atoms with Crippen molar-refractivity contribution in [1.82, 2.24) is 4.90 Å². The minimum atomic E-state index is -0.212. The van der Waals surface area contributed by atoms with Crippen LogP contribution in [0.5, 0.6) is 0 Å². The Kier molecular flexibility index (Phi) is 6.66. The zero-order chi connectivity index (χ0) is 20.9. The minimum Gasteiger partial charge on any atom is -0.292 e. The Bertz CT molecular complexity index is 867. The second kappa shape index (κ2) is 9.19. The van der Waals surface area contributed by atoms with Crippen molar-refractivity contribution in [3.05, 3.63) is 107 Å². The molecule has 0 aromatic heterocycles. The predicted octanol–water partition coefficient (Wildman–Crippen LogP) is 6.26. The Labute approximate surface area is 175 Å². The Morgan fingerprint density at radius 2 is 1.21 bits per heavy atom. The minimum absolute atomic E-state index is 0.0832. The summed E-state index contributed by atoms with van der Waals surface area (Å²) in [6, 6.07) is 28.6. The topological polar surface area (TPSA) is 20.3 Å². The van der Waals surface area contributed by atoms with E-state index >= 15 is 0 Å². The molecule has 0 radical (unpaired) electrons. The number of carbonyl (C=O) groups is 1. The molecule has 2 nitrogen and oxygen atoms in total. The van der Waals surface area contributed by atoms with Crippen molar-refractivity contribution in [2.75, 3.05) is 0 Å². The summed E-state index contributed by atoms with van der Waals surface area (Å²) in [6.45, 7) is 10.1. The van der Waals surface area contributed by atoms with Crippen LogP contribution in [0.4, 0.5) is 0 Å². The Morgan fingerprint density at radius 1 is 0.759 bits per heavy atom. The van der Waals surface area contributed by atoms with E-state index in [-0.39, 0.29) is 17.2 Å². The van der Waals surface area contributed by atoms with Crippen LogP contribution >= 0.6 is 0 Å². The fraction of sp³-hybridized carbons (Fsp3) is 0.296. The molecule has 0 fully saturated rings. The molecule has 0 unspecified atom stereocenters. The molecular weight excluding hydrogens is 354 g/mol. The SMILES string of the molecule is C[C@H](C(=O)c1ccc(C(C)(C)C)cc1)N(Cc1ccccc1)Cc1ccccc1. The number of hydrogen-bond acceptors (Lipinski definition) is 2. The molecule has 0 spiro atoms. The zero-order valence-electron chi connectivity index (χ0n) is 17.9. The summed E-state index contributed by atoms with van der Waals surface area (Å²) in [5, 5.41) is 0. The number of hydrogen-bond donors (Lipinski definition) is 0. The maximum atomic E-state index is 13.3. The van der Waals surface area contributed by atoms with Gasteiger partial charge in [0.2, 0.25) is 0 Å². The summed E-state index contributed by atoms with van der Waals surface area (Å²) in [5.41, 5.74) is 4.53. The Hall–Kier alpha value is -2.71. The van der Waals surface area contributed by atoms with Crippen LogP contribution in [0.1, 0.15) is 54.7 Å². The van der Waals surface area contributed by atoms with Gasteiger partial charge < -0.3 is 0 Å². The molecule has 0 saturated carbocycles.